The Morgan fingerprint density at radius 2 is 1.44 bits per heavy atom. The van der Waals surface area contributed by atoms with Crippen LogP contribution in [0.3, 0.4) is 0 Å². The summed E-state index contributed by atoms with van der Waals surface area (Å²) in [4.78, 5) is 24.4. The van der Waals surface area contributed by atoms with Gasteiger partial charge < -0.3 is 0 Å². The molecule has 2 N–H and O–H groups in total. The second kappa shape index (κ2) is 8.32. The van der Waals surface area contributed by atoms with Crippen LogP contribution in [0.5, 0.6) is 0 Å². The van der Waals surface area contributed by atoms with Gasteiger partial charge in [-0.1, -0.05) is 32.0 Å². The molecule has 0 spiro atoms. The molecule has 2 amide bonds. The monoisotopic (exact) mass is 389 g/mol. The van der Waals surface area contributed by atoms with Crippen LogP contribution < -0.4 is 10.9 Å². The molecule has 2 aromatic rings. The van der Waals surface area contributed by atoms with Crippen molar-refractivity contribution in [3.05, 3.63) is 65.2 Å². The number of carbonyl (C=O) groups excluding carboxylic acids is 2. The molecule has 144 valence electrons. The lowest BCUT2D eigenvalue weighted by Gasteiger charge is -2.12. The van der Waals surface area contributed by atoms with E-state index in [9.17, 15) is 18.0 Å². The molecule has 2 rings (SSSR count). The maximum atomic E-state index is 12.2. The number of hydrogen-bond donors (Lipinski definition) is 2. The topological polar surface area (TPSA) is 95.6 Å². The van der Waals surface area contributed by atoms with Crippen molar-refractivity contribution in [3.63, 3.8) is 0 Å². The number of rotatable bonds is 5. The van der Waals surface area contributed by atoms with E-state index >= 15 is 0 Å². The molecule has 0 saturated heterocycles. The molecule has 0 heterocycles. The van der Waals surface area contributed by atoms with Crippen LogP contribution in [0.4, 0.5) is 0 Å². The first-order valence-electron chi connectivity index (χ1n) is 8.36. The quantitative estimate of drug-likeness (QED) is 0.766. The van der Waals surface area contributed by atoms with Gasteiger partial charge in [-0.25, -0.2) is 12.7 Å². The van der Waals surface area contributed by atoms with Crippen LogP contribution in [0.25, 0.3) is 0 Å². The minimum absolute atomic E-state index is 0.00393. The largest absolute Gasteiger partial charge is 0.269 e. The van der Waals surface area contributed by atoms with Crippen molar-refractivity contribution in [1.29, 1.82) is 0 Å². The second-order valence-electron chi connectivity index (χ2n) is 6.50. The summed E-state index contributed by atoms with van der Waals surface area (Å²) in [6.07, 6.45) is 0. The van der Waals surface area contributed by atoms with Crippen molar-refractivity contribution in [2.45, 2.75) is 24.7 Å². The van der Waals surface area contributed by atoms with Crippen LogP contribution in [0.15, 0.2) is 53.4 Å². The van der Waals surface area contributed by atoms with Gasteiger partial charge in [-0.05, 0) is 41.8 Å². The standard InChI is InChI=1S/C19H23N3O4S/c1-13(2)14-8-10-15(11-9-14)18(23)20-21-19(24)16-6-5-7-17(12-16)27(25,26)22(3)4/h5-13H,1-4H3,(H,20,23)(H,21,24). The summed E-state index contributed by atoms with van der Waals surface area (Å²) in [6, 6.07) is 12.7. The van der Waals surface area contributed by atoms with E-state index in [1.165, 1.54) is 38.4 Å². The van der Waals surface area contributed by atoms with Crippen LogP contribution >= 0.6 is 0 Å². The molecule has 0 aliphatic rings. The van der Waals surface area contributed by atoms with Crippen LogP contribution in [0.1, 0.15) is 46.0 Å². The van der Waals surface area contributed by atoms with E-state index in [0.717, 1.165) is 9.87 Å². The Bertz CT molecular complexity index is 936. The lowest BCUT2D eigenvalue weighted by molar-refractivity contribution is 0.0846. The van der Waals surface area contributed by atoms with E-state index in [0.29, 0.717) is 11.5 Å². The van der Waals surface area contributed by atoms with Gasteiger partial charge in [0.2, 0.25) is 10.0 Å². The molecule has 0 fully saturated rings. The zero-order valence-electron chi connectivity index (χ0n) is 15.7. The van der Waals surface area contributed by atoms with Crippen LogP contribution in [0.2, 0.25) is 0 Å². The van der Waals surface area contributed by atoms with Crippen molar-refractivity contribution < 1.29 is 18.0 Å². The third kappa shape index (κ3) is 4.93. The van der Waals surface area contributed by atoms with Crippen molar-refractivity contribution >= 4 is 21.8 Å². The van der Waals surface area contributed by atoms with Crippen LogP contribution in [-0.4, -0.2) is 38.6 Å². The predicted octanol–water partition coefficient (Wildman–Crippen LogP) is 2.14. The lowest BCUT2D eigenvalue weighted by atomic mass is 10.0. The normalized spacial score (nSPS) is 11.5. The number of hydrazine groups is 1. The number of carbonyl (C=O) groups is 2. The summed E-state index contributed by atoms with van der Waals surface area (Å²) in [6.45, 7) is 4.11. The Hall–Kier alpha value is -2.71. The highest BCUT2D eigenvalue weighted by molar-refractivity contribution is 7.89. The molecule has 8 heteroatoms. The Morgan fingerprint density at radius 1 is 0.889 bits per heavy atom. The highest BCUT2D eigenvalue weighted by Gasteiger charge is 2.19. The first kappa shape index (κ1) is 20.6. The average Bonchev–Trinajstić information content (AvgIpc) is 2.65. The van der Waals surface area contributed by atoms with Gasteiger partial charge in [-0.15, -0.1) is 0 Å². The molecule has 0 aliphatic carbocycles. The molecule has 0 bridgehead atoms. The summed E-state index contributed by atoms with van der Waals surface area (Å²) in [7, 11) is -0.833. The average molecular weight is 389 g/mol. The van der Waals surface area contributed by atoms with Gasteiger partial charge in [0.15, 0.2) is 0 Å². The molecule has 7 nitrogen and oxygen atoms in total. The summed E-state index contributed by atoms with van der Waals surface area (Å²) >= 11 is 0. The van der Waals surface area contributed by atoms with Crippen molar-refractivity contribution in [2.75, 3.05) is 14.1 Å². The zero-order valence-corrected chi connectivity index (χ0v) is 16.5. The van der Waals surface area contributed by atoms with Crippen molar-refractivity contribution in [1.82, 2.24) is 15.2 Å². The molecule has 0 aliphatic heterocycles. The molecule has 27 heavy (non-hydrogen) atoms. The molecule has 0 saturated carbocycles. The second-order valence-corrected chi connectivity index (χ2v) is 8.65. The number of sulfonamides is 1. The van der Waals surface area contributed by atoms with Gasteiger partial charge in [-0.2, -0.15) is 0 Å². The van der Waals surface area contributed by atoms with E-state index in [1.807, 2.05) is 12.1 Å². The molecule has 0 radical (unpaired) electrons. The first-order chi connectivity index (χ1) is 12.6. The Morgan fingerprint density at radius 3 is 1.96 bits per heavy atom. The maximum absolute atomic E-state index is 12.2. The number of nitrogens with one attached hydrogen (secondary N) is 2. The Labute approximate surface area is 159 Å². The van der Waals surface area contributed by atoms with Crippen LogP contribution in [0, 0.1) is 0 Å². The molecular weight excluding hydrogens is 366 g/mol. The van der Waals surface area contributed by atoms with Gasteiger partial charge in [-0.3, -0.25) is 20.4 Å². The van der Waals surface area contributed by atoms with E-state index in [2.05, 4.69) is 24.7 Å². The number of hydrogen-bond acceptors (Lipinski definition) is 4. The Kier molecular flexibility index (Phi) is 6.35. The van der Waals surface area contributed by atoms with E-state index in [1.54, 1.807) is 12.1 Å². The molecule has 0 aromatic heterocycles. The fraction of sp³-hybridized carbons (Fsp3) is 0.263. The fourth-order valence-corrected chi connectivity index (χ4v) is 3.23. The number of nitrogens with zero attached hydrogens (tertiary/aromatic N) is 1. The highest BCUT2D eigenvalue weighted by atomic mass is 32.2. The smallest absolute Gasteiger partial charge is 0.267 e. The third-order valence-electron chi connectivity index (χ3n) is 4.00. The minimum Gasteiger partial charge on any atom is -0.267 e. The van der Waals surface area contributed by atoms with Crippen LogP contribution in [-0.2, 0) is 10.0 Å². The summed E-state index contributed by atoms with van der Waals surface area (Å²) in [5, 5.41) is 0. The van der Waals surface area contributed by atoms with Gasteiger partial charge in [0.1, 0.15) is 0 Å². The molecule has 0 atom stereocenters. The minimum atomic E-state index is -3.65. The number of amides is 2. The van der Waals surface area contributed by atoms with E-state index in [-0.39, 0.29) is 10.5 Å². The summed E-state index contributed by atoms with van der Waals surface area (Å²) < 4.78 is 25.4. The van der Waals surface area contributed by atoms with Gasteiger partial charge >= 0.3 is 0 Å². The maximum Gasteiger partial charge on any atom is 0.269 e. The van der Waals surface area contributed by atoms with Crippen molar-refractivity contribution in [3.8, 4) is 0 Å². The summed E-state index contributed by atoms with van der Waals surface area (Å²) in [5.41, 5.74) is 6.26. The molecule has 0 unspecified atom stereocenters. The SMILES string of the molecule is CC(C)c1ccc(C(=O)NNC(=O)c2cccc(S(=O)(=O)N(C)C)c2)cc1. The molecular formula is C19H23N3O4S. The van der Waals surface area contributed by atoms with Crippen molar-refractivity contribution in [2.24, 2.45) is 0 Å². The highest BCUT2D eigenvalue weighted by Crippen LogP contribution is 2.15. The third-order valence-corrected chi connectivity index (χ3v) is 5.81. The van der Waals surface area contributed by atoms with E-state index < -0.39 is 21.8 Å². The lowest BCUT2D eigenvalue weighted by Crippen LogP contribution is -2.41. The Balaban J connectivity index is 2.06. The van der Waals surface area contributed by atoms with E-state index in [4.69, 9.17) is 0 Å². The molecule has 2 aromatic carbocycles. The van der Waals surface area contributed by atoms with Gasteiger partial charge in [0, 0.05) is 25.2 Å². The fourth-order valence-electron chi connectivity index (χ4n) is 2.29. The van der Waals surface area contributed by atoms with Gasteiger partial charge in [0.05, 0.1) is 4.90 Å². The first-order valence-corrected chi connectivity index (χ1v) is 9.80. The van der Waals surface area contributed by atoms with Gasteiger partial charge in [0.25, 0.3) is 11.8 Å². The summed E-state index contributed by atoms with van der Waals surface area (Å²) in [5.74, 6) is -0.721. The predicted molar refractivity (Wildman–Crippen MR) is 103 cm³/mol. The zero-order chi connectivity index (χ0) is 20.2. The number of benzene rings is 2.